The van der Waals surface area contributed by atoms with Crippen LogP contribution in [0.3, 0.4) is 0 Å². The number of ether oxygens (including phenoxy) is 1. The van der Waals surface area contributed by atoms with E-state index in [1.165, 1.54) is 17.5 Å². The van der Waals surface area contributed by atoms with E-state index in [-0.39, 0.29) is 12.5 Å². The maximum absolute atomic E-state index is 12.4. The highest BCUT2D eigenvalue weighted by Crippen LogP contribution is 2.26. The van der Waals surface area contributed by atoms with Crippen molar-refractivity contribution in [3.05, 3.63) is 45.2 Å². The molecule has 0 aliphatic carbocycles. The van der Waals surface area contributed by atoms with Crippen LogP contribution in [-0.2, 0) is 10.3 Å². The van der Waals surface area contributed by atoms with Crippen molar-refractivity contribution < 1.29 is 14.6 Å². The molecule has 8 heteroatoms. The molecule has 0 spiro atoms. The van der Waals surface area contributed by atoms with Gasteiger partial charge >= 0.3 is 0 Å². The Balaban J connectivity index is 1.66. The van der Waals surface area contributed by atoms with E-state index >= 15 is 0 Å². The van der Waals surface area contributed by atoms with Gasteiger partial charge in [-0.05, 0) is 35.4 Å². The zero-order chi connectivity index (χ0) is 17.9. The second kappa shape index (κ2) is 7.70. The molecule has 2 aromatic rings. The number of hydrogen-bond donors (Lipinski definition) is 2. The topological polar surface area (TPSA) is 74.7 Å². The molecule has 1 amide bonds. The van der Waals surface area contributed by atoms with E-state index in [2.05, 4.69) is 10.3 Å². The summed E-state index contributed by atoms with van der Waals surface area (Å²) in [6.45, 7) is 4.22. The molecule has 2 N–H and O–H groups in total. The van der Waals surface area contributed by atoms with Crippen LogP contribution in [0, 0.1) is 0 Å². The average molecular weight is 382 g/mol. The van der Waals surface area contributed by atoms with Crippen LogP contribution in [0.15, 0.2) is 29.1 Å². The van der Waals surface area contributed by atoms with Crippen molar-refractivity contribution in [2.24, 2.45) is 0 Å². The highest BCUT2D eigenvalue weighted by Gasteiger charge is 2.24. The number of carbonyl (C=O) groups is 1. The molecule has 0 aromatic carbocycles. The summed E-state index contributed by atoms with van der Waals surface area (Å²) in [5.41, 5.74) is 0.245. The number of amides is 1. The molecule has 1 saturated heterocycles. The fraction of sp³-hybridized carbons (Fsp3) is 0.412. The van der Waals surface area contributed by atoms with Crippen LogP contribution in [0.2, 0.25) is 5.02 Å². The minimum absolute atomic E-state index is 0.102. The molecule has 0 radical (unpaired) electrons. The summed E-state index contributed by atoms with van der Waals surface area (Å²) in [7, 11) is 0. The predicted octanol–water partition coefficient (Wildman–Crippen LogP) is 2.59. The number of thiophene rings is 1. The number of anilines is 1. The molecule has 0 saturated carbocycles. The highest BCUT2D eigenvalue weighted by atomic mass is 35.5. The first-order valence-corrected chi connectivity index (χ1v) is 9.31. The van der Waals surface area contributed by atoms with Crippen LogP contribution < -0.4 is 5.32 Å². The van der Waals surface area contributed by atoms with E-state index in [1.54, 1.807) is 17.9 Å². The molecular weight excluding hydrogens is 362 g/mol. The fourth-order valence-electron chi connectivity index (χ4n) is 2.56. The number of nitrogens with one attached hydrogen (secondary N) is 1. The Morgan fingerprint density at radius 2 is 2.28 bits per heavy atom. The van der Waals surface area contributed by atoms with Crippen molar-refractivity contribution in [2.45, 2.75) is 12.5 Å². The summed E-state index contributed by atoms with van der Waals surface area (Å²) >= 11 is 7.80. The Hall–Kier alpha value is -1.67. The van der Waals surface area contributed by atoms with Gasteiger partial charge in [0.05, 0.1) is 23.8 Å². The van der Waals surface area contributed by atoms with Crippen LogP contribution in [0.1, 0.15) is 22.8 Å². The molecular formula is C17H20ClN3O3S. The van der Waals surface area contributed by atoms with Crippen molar-refractivity contribution in [1.29, 1.82) is 0 Å². The minimum Gasteiger partial charge on any atom is -0.384 e. The molecule has 1 atom stereocenters. The number of nitrogens with zero attached hydrogens (tertiary/aromatic N) is 2. The lowest BCUT2D eigenvalue weighted by molar-refractivity contribution is 0.0302. The van der Waals surface area contributed by atoms with Gasteiger partial charge in [0.2, 0.25) is 0 Å². The summed E-state index contributed by atoms with van der Waals surface area (Å²) < 4.78 is 5.25. The zero-order valence-corrected chi connectivity index (χ0v) is 15.4. The number of halogens is 1. The molecule has 1 aliphatic rings. The smallest absolute Gasteiger partial charge is 0.255 e. The number of aliphatic hydroxyl groups is 1. The Morgan fingerprint density at radius 3 is 2.92 bits per heavy atom. The van der Waals surface area contributed by atoms with Crippen LogP contribution in [0.25, 0.3) is 0 Å². The van der Waals surface area contributed by atoms with E-state index in [9.17, 15) is 9.90 Å². The molecule has 25 heavy (non-hydrogen) atoms. The normalized spacial score (nSPS) is 17.2. The van der Waals surface area contributed by atoms with Gasteiger partial charge in [-0.3, -0.25) is 4.79 Å². The van der Waals surface area contributed by atoms with Gasteiger partial charge in [-0.15, -0.1) is 0 Å². The maximum atomic E-state index is 12.4. The number of morpholine rings is 1. The van der Waals surface area contributed by atoms with Gasteiger partial charge in [0.1, 0.15) is 11.4 Å². The highest BCUT2D eigenvalue weighted by molar-refractivity contribution is 7.08. The summed E-state index contributed by atoms with van der Waals surface area (Å²) in [6.07, 6.45) is 1.51. The third-order valence-electron chi connectivity index (χ3n) is 4.13. The molecule has 1 fully saturated rings. The quantitative estimate of drug-likeness (QED) is 0.832. The third kappa shape index (κ3) is 4.30. The van der Waals surface area contributed by atoms with Crippen LogP contribution in [0.5, 0.6) is 0 Å². The first-order valence-electron chi connectivity index (χ1n) is 7.99. The number of hydrogen-bond acceptors (Lipinski definition) is 6. The van der Waals surface area contributed by atoms with Gasteiger partial charge in [0.25, 0.3) is 5.91 Å². The summed E-state index contributed by atoms with van der Waals surface area (Å²) in [6, 6.07) is 3.49. The fourth-order valence-corrected chi connectivity index (χ4v) is 3.58. The molecule has 1 unspecified atom stereocenters. The second-order valence-electron chi connectivity index (χ2n) is 6.10. The number of aromatic nitrogens is 1. The zero-order valence-electron chi connectivity index (χ0n) is 13.9. The molecule has 2 aromatic heterocycles. The molecule has 1 aliphatic heterocycles. The van der Waals surface area contributed by atoms with Crippen LogP contribution in [0.4, 0.5) is 5.82 Å². The van der Waals surface area contributed by atoms with Gasteiger partial charge in [-0.25, -0.2) is 4.98 Å². The Morgan fingerprint density at radius 1 is 1.52 bits per heavy atom. The van der Waals surface area contributed by atoms with E-state index < -0.39 is 5.60 Å². The van der Waals surface area contributed by atoms with Crippen molar-refractivity contribution in [3.8, 4) is 0 Å². The largest absolute Gasteiger partial charge is 0.384 e. The molecule has 134 valence electrons. The standard InChI is InChI=1S/C17H20ClN3O3S/c1-17(23,13-2-7-25-10-13)11-20-15-14(18)8-12(9-19-15)16(22)21-3-5-24-6-4-21/h2,7-10,23H,3-6,11H2,1H3,(H,19,20). The van der Waals surface area contributed by atoms with Crippen LogP contribution >= 0.6 is 22.9 Å². The number of carbonyl (C=O) groups excluding carboxylic acids is 1. The van der Waals surface area contributed by atoms with E-state index in [4.69, 9.17) is 16.3 Å². The van der Waals surface area contributed by atoms with Gasteiger partial charge in [-0.2, -0.15) is 11.3 Å². The van der Waals surface area contributed by atoms with E-state index in [0.717, 1.165) is 5.56 Å². The van der Waals surface area contributed by atoms with E-state index in [1.807, 2.05) is 16.8 Å². The van der Waals surface area contributed by atoms with Gasteiger partial charge in [-0.1, -0.05) is 11.6 Å². The lowest BCUT2D eigenvalue weighted by Gasteiger charge is -2.27. The number of pyridine rings is 1. The molecule has 6 nitrogen and oxygen atoms in total. The van der Waals surface area contributed by atoms with Gasteiger partial charge in [0.15, 0.2) is 0 Å². The Labute approximate surface area is 155 Å². The third-order valence-corrected chi connectivity index (χ3v) is 5.10. The lowest BCUT2D eigenvalue weighted by Crippen LogP contribution is -2.40. The first kappa shape index (κ1) is 18.1. The van der Waals surface area contributed by atoms with Crippen molar-refractivity contribution in [3.63, 3.8) is 0 Å². The maximum Gasteiger partial charge on any atom is 0.255 e. The van der Waals surface area contributed by atoms with Crippen molar-refractivity contribution in [2.75, 3.05) is 38.2 Å². The summed E-state index contributed by atoms with van der Waals surface area (Å²) in [5.74, 6) is 0.338. The predicted molar refractivity (Wildman–Crippen MR) is 98.3 cm³/mol. The Kier molecular flexibility index (Phi) is 5.58. The van der Waals surface area contributed by atoms with Crippen LogP contribution in [-0.4, -0.2) is 53.7 Å². The van der Waals surface area contributed by atoms with Gasteiger partial charge < -0.3 is 20.1 Å². The Bertz CT molecular complexity index is 731. The first-order chi connectivity index (χ1) is 12.0. The SMILES string of the molecule is CC(O)(CNc1ncc(C(=O)N2CCOCC2)cc1Cl)c1ccsc1. The summed E-state index contributed by atoms with van der Waals surface area (Å²) in [5, 5.41) is 17.8. The van der Waals surface area contributed by atoms with Crippen molar-refractivity contribution >= 4 is 34.7 Å². The van der Waals surface area contributed by atoms with E-state index in [0.29, 0.717) is 42.7 Å². The minimum atomic E-state index is -1.03. The van der Waals surface area contributed by atoms with Gasteiger partial charge in [0, 0.05) is 25.8 Å². The number of rotatable bonds is 5. The summed E-state index contributed by atoms with van der Waals surface area (Å²) in [4.78, 5) is 18.4. The lowest BCUT2D eigenvalue weighted by atomic mass is 9.99. The monoisotopic (exact) mass is 381 g/mol. The second-order valence-corrected chi connectivity index (χ2v) is 7.29. The molecule has 0 bridgehead atoms. The molecule has 3 heterocycles. The molecule has 3 rings (SSSR count). The average Bonchev–Trinajstić information content (AvgIpc) is 3.16. The van der Waals surface area contributed by atoms with Crippen molar-refractivity contribution in [1.82, 2.24) is 9.88 Å².